The fraction of sp³-hybridized carbons (Fsp3) is 0. The molecule has 0 fully saturated rings. The average Bonchev–Trinajstić information content (AvgIpc) is 3.36. The van der Waals surface area contributed by atoms with Crippen molar-refractivity contribution in [3.05, 3.63) is 218 Å². The summed E-state index contributed by atoms with van der Waals surface area (Å²) in [5, 5.41) is 8.84. The molecule has 0 unspecified atom stereocenters. The van der Waals surface area contributed by atoms with Crippen LogP contribution in [0, 0.1) is 0 Å². The van der Waals surface area contributed by atoms with E-state index in [4.69, 9.17) is 19.9 Å². The molecule has 62 heavy (non-hydrogen) atoms. The van der Waals surface area contributed by atoms with Crippen molar-refractivity contribution in [2.24, 2.45) is 0 Å². The van der Waals surface area contributed by atoms with Gasteiger partial charge in [0.05, 0.1) is 22.6 Å². The average molecular weight is 789 g/mol. The molecule has 0 spiro atoms. The van der Waals surface area contributed by atoms with Gasteiger partial charge < -0.3 is 0 Å². The predicted octanol–water partition coefficient (Wildman–Crippen LogP) is 15.0. The summed E-state index contributed by atoms with van der Waals surface area (Å²) < 4.78 is 0. The summed E-state index contributed by atoms with van der Waals surface area (Å²) in [6.07, 6.45) is 0. The topological polar surface area (TPSA) is 51.6 Å². The van der Waals surface area contributed by atoms with Crippen LogP contribution in [0.2, 0.25) is 0 Å². The second-order valence-corrected chi connectivity index (χ2v) is 15.8. The van der Waals surface area contributed by atoms with Crippen LogP contribution in [0.1, 0.15) is 0 Å². The summed E-state index contributed by atoms with van der Waals surface area (Å²) >= 11 is 0. The highest BCUT2D eigenvalue weighted by atomic mass is 14.9. The third-order valence-electron chi connectivity index (χ3n) is 12.1. The molecule has 2 aromatic heterocycles. The zero-order chi connectivity index (χ0) is 41.0. The van der Waals surface area contributed by atoms with Gasteiger partial charge in [0.2, 0.25) is 0 Å². The van der Waals surface area contributed by atoms with Crippen LogP contribution in [-0.2, 0) is 0 Å². The molecule has 0 amide bonds. The molecule has 12 aromatic rings. The van der Waals surface area contributed by atoms with Gasteiger partial charge in [0.1, 0.15) is 0 Å². The Morgan fingerprint density at radius 3 is 1.40 bits per heavy atom. The van der Waals surface area contributed by atoms with Crippen LogP contribution in [0.4, 0.5) is 0 Å². The van der Waals surface area contributed by atoms with Crippen LogP contribution < -0.4 is 0 Å². The number of hydrogen-bond donors (Lipinski definition) is 0. The summed E-state index contributed by atoms with van der Waals surface area (Å²) in [7, 11) is 0. The Morgan fingerprint density at radius 1 is 0.258 bits per heavy atom. The van der Waals surface area contributed by atoms with Crippen LogP contribution >= 0.6 is 0 Å². The van der Waals surface area contributed by atoms with Crippen LogP contribution in [0.5, 0.6) is 0 Å². The third kappa shape index (κ3) is 6.25. The van der Waals surface area contributed by atoms with E-state index in [1.54, 1.807) is 0 Å². The standard InChI is InChI=1S/C58H36N4/c1-3-10-45(11-4-1)56-50-16-7-8-17-51(50)59-58(62-56)47-30-26-41(27-31-47)53-36-52(60-57(61-53)46-12-5-2-6-13-46)40-24-20-38(21-25-40)37-18-22-39(23-19-37)48-34-32-44-29-28-42-14-9-15-43-33-35-49(48)55(44)54(42)43/h1-36H. The zero-order valence-electron chi connectivity index (χ0n) is 33.6. The lowest BCUT2D eigenvalue weighted by Gasteiger charge is -2.14. The second-order valence-electron chi connectivity index (χ2n) is 15.8. The number of fused-ring (bicyclic) bond motifs is 1. The summed E-state index contributed by atoms with van der Waals surface area (Å²) in [4.78, 5) is 20.3. The molecule has 12 rings (SSSR count). The Kier molecular flexibility index (Phi) is 8.46. The number of hydrogen-bond acceptors (Lipinski definition) is 4. The Bertz CT molecular complexity index is 3570. The lowest BCUT2D eigenvalue weighted by molar-refractivity contribution is 1.18. The van der Waals surface area contributed by atoms with E-state index in [1.165, 1.54) is 43.4 Å². The van der Waals surface area contributed by atoms with Crippen molar-refractivity contribution in [2.75, 3.05) is 0 Å². The van der Waals surface area contributed by atoms with Crippen LogP contribution in [0.3, 0.4) is 0 Å². The maximum absolute atomic E-state index is 5.10. The summed E-state index contributed by atoms with van der Waals surface area (Å²) in [5.74, 6) is 1.36. The van der Waals surface area contributed by atoms with Crippen molar-refractivity contribution in [3.63, 3.8) is 0 Å². The molecular weight excluding hydrogens is 753 g/mol. The lowest BCUT2D eigenvalue weighted by Crippen LogP contribution is -1.97. The molecule has 4 nitrogen and oxygen atoms in total. The molecule has 0 aliphatic rings. The highest BCUT2D eigenvalue weighted by molar-refractivity contribution is 6.25. The molecule has 0 radical (unpaired) electrons. The number of nitrogens with zero attached hydrogens (tertiary/aromatic N) is 4. The summed E-state index contributed by atoms with van der Waals surface area (Å²) in [6, 6.07) is 76.9. The summed E-state index contributed by atoms with van der Waals surface area (Å²) in [6.45, 7) is 0. The predicted molar refractivity (Wildman–Crippen MR) is 257 cm³/mol. The first-order chi connectivity index (χ1) is 30.7. The Labute approximate surface area is 358 Å². The molecule has 288 valence electrons. The van der Waals surface area contributed by atoms with E-state index >= 15 is 0 Å². The van der Waals surface area contributed by atoms with E-state index in [2.05, 4.69) is 164 Å². The molecule has 0 aliphatic carbocycles. The number of benzene rings is 10. The molecule has 10 aromatic carbocycles. The highest BCUT2D eigenvalue weighted by Gasteiger charge is 2.16. The van der Waals surface area contributed by atoms with Crippen molar-refractivity contribution in [3.8, 4) is 78.8 Å². The van der Waals surface area contributed by atoms with Crippen molar-refractivity contribution >= 4 is 43.2 Å². The van der Waals surface area contributed by atoms with Crippen LogP contribution in [0.15, 0.2) is 218 Å². The van der Waals surface area contributed by atoms with Gasteiger partial charge in [0.25, 0.3) is 0 Å². The van der Waals surface area contributed by atoms with Gasteiger partial charge in [-0.2, -0.15) is 0 Å². The minimum absolute atomic E-state index is 0.680. The van der Waals surface area contributed by atoms with E-state index < -0.39 is 0 Å². The van der Waals surface area contributed by atoms with Crippen molar-refractivity contribution in [1.82, 2.24) is 19.9 Å². The first-order valence-corrected chi connectivity index (χ1v) is 21.0. The highest BCUT2D eigenvalue weighted by Crippen LogP contribution is 2.40. The minimum Gasteiger partial charge on any atom is -0.228 e. The van der Waals surface area contributed by atoms with Gasteiger partial charge in [-0.1, -0.05) is 206 Å². The normalized spacial score (nSPS) is 11.5. The Hall–Kier alpha value is -8.34. The first-order valence-electron chi connectivity index (χ1n) is 21.0. The monoisotopic (exact) mass is 788 g/mol. The van der Waals surface area contributed by atoms with Gasteiger partial charge in [0, 0.05) is 33.2 Å². The molecule has 4 heteroatoms. The van der Waals surface area contributed by atoms with Gasteiger partial charge in [0.15, 0.2) is 11.6 Å². The van der Waals surface area contributed by atoms with E-state index in [9.17, 15) is 0 Å². The molecule has 0 aliphatic heterocycles. The molecular formula is C58H36N4. The fourth-order valence-electron chi connectivity index (χ4n) is 8.93. The molecule has 0 saturated carbocycles. The molecule has 0 saturated heterocycles. The van der Waals surface area contributed by atoms with Crippen molar-refractivity contribution in [1.29, 1.82) is 0 Å². The second kappa shape index (κ2) is 14.7. The van der Waals surface area contributed by atoms with Gasteiger partial charge in [-0.15, -0.1) is 0 Å². The first kappa shape index (κ1) is 35.6. The van der Waals surface area contributed by atoms with Gasteiger partial charge in [-0.3, -0.25) is 0 Å². The smallest absolute Gasteiger partial charge is 0.160 e. The molecule has 0 atom stereocenters. The number of para-hydroxylation sites is 1. The Morgan fingerprint density at radius 2 is 0.742 bits per heavy atom. The van der Waals surface area contributed by atoms with E-state index in [-0.39, 0.29) is 0 Å². The maximum atomic E-state index is 5.10. The SMILES string of the molecule is c1ccc(-c2nc(-c3ccc(-c4ccc(-c5ccc6ccc7cccc8ccc5c6c78)cc4)cc3)cc(-c3ccc(-c4nc(-c5ccccc5)c5ccccc5n4)cc3)n2)cc1. The maximum Gasteiger partial charge on any atom is 0.160 e. The quantitative estimate of drug-likeness (QED) is 0.151. The molecule has 2 heterocycles. The Balaban J connectivity index is 0.865. The summed E-state index contributed by atoms with van der Waals surface area (Å²) in [5.41, 5.74) is 13.3. The fourth-order valence-corrected chi connectivity index (χ4v) is 8.93. The lowest BCUT2D eigenvalue weighted by atomic mass is 9.89. The largest absolute Gasteiger partial charge is 0.228 e. The molecule has 0 N–H and O–H groups in total. The van der Waals surface area contributed by atoms with E-state index in [0.717, 1.165) is 66.9 Å². The van der Waals surface area contributed by atoms with Gasteiger partial charge in [-0.05, 0) is 66.7 Å². The van der Waals surface area contributed by atoms with Crippen LogP contribution in [-0.4, -0.2) is 19.9 Å². The number of rotatable bonds is 7. The van der Waals surface area contributed by atoms with E-state index in [1.807, 2.05) is 54.6 Å². The van der Waals surface area contributed by atoms with Gasteiger partial charge in [-0.25, -0.2) is 19.9 Å². The number of aromatic nitrogens is 4. The molecule has 0 bridgehead atoms. The van der Waals surface area contributed by atoms with Crippen molar-refractivity contribution < 1.29 is 0 Å². The van der Waals surface area contributed by atoms with Crippen molar-refractivity contribution in [2.45, 2.75) is 0 Å². The van der Waals surface area contributed by atoms with Gasteiger partial charge >= 0.3 is 0 Å². The van der Waals surface area contributed by atoms with Crippen LogP contribution in [0.25, 0.3) is 122 Å². The third-order valence-corrected chi connectivity index (χ3v) is 12.1. The zero-order valence-corrected chi connectivity index (χ0v) is 33.6. The minimum atomic E-state index is 0.680. The van der Waals surface area contributed by atoms with E-state index in [0.29, 0.717) is 11.6 Å².